The standard InChI is InChI=1S/C14H12N4O/c15-18-13(11-4-2-1-3-5-11)8-12(9-14(18)19)17-7-6-16-10-17/h1-10H,15H2. The Balaban J connectivity index is 2.23. The van der Waals surface area contributed by atoms with Gasteiger partial charge in [-0.05, 0) is 6.07 Å². The van der Waals surface area contributed by atoms with Crippen molar-refractivity contribution in [3.05, 3.63) is 71.5 Å². The van der Waals surface area contributed by atoms with E-state index in [2.05, 4.69) is 4.98 Å². The number of hydrogen-bond acceptors (Lipinski definition) is 3. The summed E-state index contributed by atoms with van der Waals surface area (Å²) in [6.45, 7) is 0. The molecule has 19 heavy (non-hydrogen) atoms. The molecule has 0 bridgehead atoms. The van der Waals surface area contributed by atoms with Crippen molar-refractivity contribution in [1.82, 2.24) is 14.2 Å². The van der Waals surface area contributed by atoms with Gasteiger partial charge in [0.15, 0.2) is 0 Å². The van der Waals surface area contributed by atoms with Crippen LogP contribution >= 0.6 is 0 Å². The van der Waals surface area contributed by atoms with Gasteiger partial charge in [0.05, 0.1) is 17.7 Å². The molecule has 3 rings (SSSR count). The summed E-state index contributed by atoms with van der Waals surface area (Å²) in [4.78, 5) is 15.9. The average Bonchev–Trinajstić information content (AvgIpc) is 2.97. The number of hydrogen-bond donors (Lipinski definition) is 1. The van der Waals surface area contributed by atoms with Crippen molar-refractivity contribution in [2.75, 3.05) is 5.84 Å². The Bertz CT molecular complexity index is 745. The van der Waals surface area contributed by atoms with E-state index in [4.69, 9.17) is 5.84 Å². The first kappa shape index (κ1) is 11.3. The maximum Gasteiger partial charge on any atom is 0.271 e. The van der Waals surface area contributed by atoms with Crippen molar-refractivity contribution >= 4 is 0 Å². The third-order valence-corrected chi connectivity index (χ3v) is 2.93. The minimum atomic E-state index is -0.259. The van der Waals surface area contributed by atoms with Crippen molar-refractivity contribution in [1.29, 1.82) is 0 Å². The Morgan fingerprint density at radius 2 is 1.89 bits per heavy atom. The van der Waals surface area contributed by atoms with E-state index in [1.54, 1.807) is 23.3 Å². The van der Waals surface area contributed by atoms with Crippen LogP contribution in [0.25, 0.3) is 16.9 Å². The first-order chi connectivity index (χ1) is 9.25. The van der Waals surface area contributed by atoms with Crippen LogP contribution in [0.1, 0.15) is 0 Å². The summed E-state index contributed by atoms with van der Waals surface area (Å²) in [5, 5.41) is 0. The molecule has 3 aromatic rings. The Morgan fingerprint density at radius 3 is 2.58 bits per heavy atom. The van der Waals surface area contributed by atoms with Crippen LogP contribution in [0.5, 0.6) is 0 Å². The molecule has 2 heterocycles. The average molecular weight is 252 g/mol. The van der Waals surface area contributed by atoms with E-state index in [1.807, 2.05) is 36.4 Å². The van der Waals surface area contributed by atoms with Crippen LogP contribution in [0.15, 0.2) is 66.0 Å². The summed E-state index contributed by atoms with van der Waals surface area (Å²) in [7, 11) is 0. The van der Waals surface area contributed by atoms with Gasteiger partial charge in [0.1, 0.15) is 0 Å². The fourth-order valence-corrected chi connectivity index (χ4v) is 1.96. The van der Waals surface area contributed by atoms with E-state index in [1.165, 1.54) is 6.07 Å². The molecule has 0 saturated heterocycles. The number of imidazole rings is 1. The summed E-state index contributed by atoms with van der Waals surface area (Å²) >= 11 is 0. The van der Waals surface area contributed by atoms with Gasteiger partial charge in [-0.25, -0.2) is 9.66 Å². The van der Waals surface area contributed by atoms with Gasteiger partial charge in [-0.15, -0.1) is 0 Å². The summed E-state index contributed by atoms with van der Waals surface area (Å²) in [6, 6.07) is 12.9. The summed E-state index contributed by atoms with van der Waals surface area (Å²) in [5.74, 6) is 5.82. The van der Waals surface area contributed by atoms with Crippen LogP contribution in [0.2, 0.25) is 0 Å². The zero-order valence-corrected chi connectivity index (χ0v) is 10.1. The molecule has 5 heteroatoms. The largest absolute Gasteiger partial charge is 0.336 e. The third-order valence-electron chi connectivity index (χ3n) is 2.93. The van der Waals surface area contributed by atoms with Crippen molar-refractivity contribution in [3.8, 4) is 16.9 Å². The molecule has 0 spiro atoms. The molecule has 94 valence electrons. The van der Waals surface area contributed by atoms with Crippen LogP contribution in [-0.4, -0.2) is 14.2 Å². The first-order valence-electron chi connectivity index (χ1n) is 5.81. The van der Waals surface area contributed by atoms with Crippen molar-refractivity contribution < 1.29 is 0 Å². The molecule has 0 aliphatic carbocycles. The van der Waals surface area contributed by atoms with Crippen molar-refractivity contribution in [2.24, 2.45) is 0 Å². The van der Waals surface area contributed by atoms with Gasteiger partial charge in [0, 0.05) is 24.0 Å². The van der Waals surface area contributed by atoms with Gasteiger partial charge < -0.3 is 10.4 Å². The van der Waals surface area contributed by atoms with Crippen molar-refractivity contribution in [3.63, 3.8) is 0 Å². The number of aromatic nitrogens is 3. The van der Waals surface area contributed by atoms with E-state index < -0.39 is 0 Å². The van der Waals surface area contributed by atoms with E-state index in [-0.39, 0.29) is 5.56 Å². The Kier molecular flexibility index (Phi) is 2.64. The molecule has 0 fully saturated rings. The molecular formula is C14H12N4O. The SMILES string of the molecule is Nn1c(-c2ccccc2)cc(-n2ccnc2)cc1=O. The van der Waals surface area contributed by atoms with E-state index in [0.29, 0.717) is 5.69 Å². The maximum absolute atomic E-state index is 11.9. The number of rotatable bonds is 2. The van der Waals surface area contributed by atoms with Gasteiger partial charge >= 0.3 is 0 Å². The monoisotopic (exact) mass is 252 g/mol. The van der Waals surface area contributed by atoms with E-state index in [9.17, 15) is 4.79 Å². The van der Waals surface area contributed by atoms with Gasteiger partial charge in [0.2, 0.25) is 0 Å². The number of nitrogens with two attached hydrogens (primary N) is 1. The van der Waals surface area contributed by atoms with Gasteiger partial charge in [-0.2, -0.15) is 0 Å². The van der Waals surface area contributed by atoms with Crippen LogP contribution in [0.4, 0.5) is 0 Å². The molecule has 0 radical (unpaired) electrons. The molecule has 2 N–H and O–H groups in total. The highest BCUT2D eigenvalue weighted by Crippen LogP contribution is 2.18. The number of benzene rings is 1. The van der Waals surface area contributed by atoms with Gasteiger partial charge in [-0.1, -0.05) is 30.3 Å². The van der Waals surface area contributed by atoms with Crippen LogP contribution in [-0.2, 0) is 0 Å². The number of pyridine rings is 1. The highest BCUT2D eigenvalue weighted by molar-refractivity contribution is 5.62. The topological polar surface area (TPSA) is 65.8 Å². The van der Waals surface area contributed by atoms with E-state index >= 15 is 0 Å². The molecule has 1 aromatic carbocycles. The lowest BCUT2D eigenvalue weighted by atomic mass is 10.1. The smallest absolute Gasteiger partial charge is 0.271 e. The molecule has 2 aromatic heterocycles. The zero-order valence-electron chi connectivity index (χ0n) is 10.1. The van der Waals surface area contributed by atoms with Crippen LogP contribution < -0.4 is 11.4 Å². The second kappa shape index (κ2) is 4.45. The molecule has 0 amide bonds. The highest BCUT2D eigenvalue weighted by atomic mass is 16.1. The quantitative estimate of drug-likeness (QED) is 0.701. The fraction of sp³-hybridized carbons (Fsp3) is 0. The summed E-state index contributed by atoms with van der Waals surface area (Å²) in [5.41, 5.74) is 2.04. The second-order valence-corrected chi connectivity index (χ2v) is 4.14. The molecule has 0 atom stereocenters. The lowest BCUT2D eigenvalue weighted by Gasteiger charge is -2.10. The maximum atomic E-state index is 11.9. The van der Waals surface area contributed by atoms with Crippen LogP contribution in [0.3, 0.4) is 0 Å². The normalized spacial score (nSPS) is 10.5. The Hall–Kier alpha value is -2.82. The molecular weight excluding hydrogens is 240 g/mol. The Labute approximate surface area is 109 Å². The van der Waals surface area contributed by atoms with Gasteiger partial charge in [0.25, 0.3) is 5.56 Å². The lowest BCUT2D eigenvalue weighted by molar-refractivity contribution is 0.927. The number of nitrogen functional groups attached to an aromatic ring is 1. The second-order valence-electron chi connectivity index (χ2n) is 4.14. The molecule has 0 unspecified atom stereocenters. The summed E-state index contributed by atoms with van der Waals surface area (Å²) in [6.07, 6.45) is 5.09. The van der Waals surface area contributed by atoms with Crippen molar-refractivity contribution in [2.45, 2.75) is 0 Å². The molecule has 0 aliphatic heterocycles. The predicted molar refractivity (Wildman–Crippen MR) is 73.4 cm³/mol. The minimum Gasteiger partial charge on any atom is -0.336 e. The van der Waals surface area contributed by atoms with Crippen LogP contribution in [0, 0.1) is 0 Å². The predicted octanol–water partition coefficient (Wildman–Crippen LogP) is 1.41. The third kappa shape index (κ3) is 2.01. The minimum absolute atomic E-state index is 0.259. The fourth-order valence-electron chi connectivity index (χ4n) is 1.96. The lowest BCUT2D eigenvalue weighted by Crippen LogP contribution is -2.28. The molecule has 0 saturated carbocycles. The number of nitrogens with zero attached hydrogens (tertiary/aromatic N) is 3. The Morgan fingerprint density at radius 1 is 1.11 bits per heavy atom. The van der Waals surface area contributed by atoms with E-state index in [0.717, 1.165) is 15.9 Å². The van der Waals surface area contributed by atoms with Gasteiger partial charge in [-0.3, -0.25) is 4.79 Å². The molecule has 5 nitrogen and oxygen atoms in total. The highest BCUT2D eigenvalue weighted by Gasteiger charge is 2.07. The first-order valence-corrected chi connectivity index (χ1v) is 5.81. The zero-order chi connectivity index (χ0) is 13.2. The molecule has 0 aliphatic rings. The summed E-state index contributed by atoms with van der Waals surface area (Å²) < 4.78 is 2.92.